The van der Waals surface area contributed by atoms with Gasteiger partial charge in [0.15, 0.2) is 5.78 Å². The Balaban J connectivity index is 2.10. The molecule has 21 heavy (non-hydrogen) atoms. The second-order valence-corrected chi connectivity index (χ2v) is 5.12. The van der Waals surface area contributed by atoms with E-state index in [1.54, 1.807) is 30.3 Å². The lowest BCUT2D eigenvalue weighted by molar-refractivity contribution is 0.0470. The zero-order valence-corrected chi connectivity index (χ0v) is 12.2. The first-order valence-corrected chi connectivity index (χ1v) is 6.94. The van der Waals surface area contributed by atoms with Gasteiger partial charge in [-0.3, -0.25) is 4.79 Å². The maximum absolute atomic E-state index is 12.1. The van der Waals surface area contributed by atoms with Crippen molar-refractivity contribution in [3.63, 3.8) is 0 Å². The Morgan fingerprint density at radius 3 is 2.24 bits per heavy atom. The fraction of sp³-hybridized carbons (Fsp3) is 0.222. The third-order valence-electron chi connectivity index (χ3n) is 3.18. The Bertz CT molecular complexity index is 630. The molecule has 2 rings (SSSR count). The van der Waals surface area contributed by atoms with Gasteiger partial charge in [-0.05, 0) is 12.1 Å². The van der Waals surface area contributed by atoms with E-state index in [0.717, 1.165) is 5.56 Å². The van der Waals surface area contributed by atoms with Gasteiger partial charge in [0.1, 0.15) is 6.61 Å². The quantitative estimate of drug-likeness (QED) is 0.617. The zero-order valence-electron chi connectivity index (χ0n) is 12.2. The van der Waals surface area contributed by atoms with Crippen LogP contribution in [0.4, 0.5) is 0 Å². The number of hydrogen-bond donors (Lipinski definition) is 0. The van der Waals surface area contributed by atoms with E-state index in [1.807, 2.05) is 38.1 Å². The number of carbonyl (C=O) groups excluding carboxylic acids is 2. The monoisotopic (exact) mass is 282 g/mol. The van der Waals surface area contributed by atoms with Crippen LogP contribution in [0, 0.1) is 5.92 Å². The van der Waals surface area contributed by atoms with Gasteiger partial charge in [0.05, 0.1) is 5.56 Å². The molecular formula is C18H18O3. The minimum atomic E-state index is -0.387. The van der Waals surface area contributed by atoms with Crippen LogP contribution in [0.3, 0.4) is 0 Å². The molecule has 2 aromatic rings. The lowest BCUT2D eigenvalue weighted by Gasteiger charge is -2.11. The fourth-order valence-corrected chi connectivity index (χ4v) is 2.00. The van der Waals surface area contributed by atoms with Gasteiger partial charge in [-0.1, -0.05) is 56.3 Å². The Hall–Kier alpha value is -2.42. The molecule has 0 N–H and O–H groups in total. The molecule has 0 heterocycles. The molecule has 0 unspecified atom stereocenters. The van der Waals surface area contributed by atoms with Gasteiger partial charge in [0, 0.05) is 17.0 Å². The van der Waals surface area contributed by atoms with Gasteiger partial charge >= 0.3 is 5.97 Å². The number of carbonyl (C=O) groups is 2. The molecule has 0 atom stereocenters. The number of benzene rings is 2. The maximum Gasteiger partial charge on any atom is 0.338 e. The first-order chi connectivity index (χ1) is 10.1. The van der Waals surface area contributed by atoms with Crippen molar-refractivity contribution in [1.29, 1.82) is 0 Å². The van der Waals surface area contributed by atoms with E-state index in [2.05, 4.69) is 0 Å². The predicted octanol–water partition coefficient (Wildman–Crippen LogP) is 3.88. The van der Waals surface area contributed by atoms with Gasteiger partial charge in [0.2, 0.25) is 0 Å². The molecule has 0 aliphatic heterocycles. The molecule has 108 valence electrons. The third-order valence-corrected chi connectivity index (χ3v) is 3.18. The Morgan fingerprint density at radius 2 is 1.57 bits per heavy atom. The van der Waals surface area contributed by atoms with Crippen molar-refractivity contribution in [3.05, 3.63) is 71.3 Å². The van der Waals surface area contributed by atoms with E-state index in [0.29, 0.717) is 11.1 Å². The van der Waals surface area contributed by atoms with Crippen molar-refractivity contribution in [1.82, 2.24) is 0 Å². The van der Waals surface area contributed by atoms with Crippen molar-refractivity contribution in [2.24, 2.45) is 5.92 Å². The van der Waals surface area contributed by atoms with Crippen LogP contribution in [0.15, 0.2) is 54.6 Å². The summed E-state index contributed by atoms with van der Waals surface area (Å²) < 4.78 is 5.29. The normalized spacial score (nSPS) is 10.4. The van der Waals surface area contributed by atoms with E-state index < -0.39 is 0 Å². The molecule has 0 aliphatic carbocycles. The molecule has 3 heteroatoms. The summed E-state index contributed by atoms with van der Waals surface area (Å²) in [6.07, 6.45) is 0. The van der Waals surface area contributed by atoms with Crippen molar-refractivity contribution >= 4 is 11.8 Å². The lowest BCUT2D eigenvalue weighted by atomic mass is 9.97. The Kier molecular flexibility index (Phi) is 4.88. The summed E-state index contributed by atoms with van der Waals surface area (Å²) in [5.41, 5.74) is 1.86. The highest BCUT2D eigenvalue weighted by Gasteiger charge is 2.15. The van der Waals surface area contributed by atoms with Crippen LogP contribution < -0.4 is 0 Å². The van der Waals surface area contributed by atoms with E-state index >= 15 is 0 Å². The molecule has 0 spiro atoms. The number of esters is 1. The van der Waals surface area contributed by atoms with Crippen LogP contribution in [0.2, 0.25) is 0 Å². The average molecular weight is 282 g/mol. The number of ketones is 1. The highest BCUT2D eigenvalue weighted by atomic mass is 16.5. The fourth-order valence-electron chi connectivity index (χ4n) is 2.00. The molecular weight excluding hydrogens is 264 g/mol. The summed E-state index contributed by atoms with van der Waals surface area (Å²) in [6, 6.07) is 16.1. The Morgan fingerprint density at radius 1 is 0.952 bits per heavy atom. The molecule has 0 saturated carbocycles. The van der Waals surface area contributed by atoms with Gasteiger partial charge in [-0.25, -0.2) is 4.79 Å². The number of ether oxygens (including phenoxy) is 1. The summed E-state index contributed by atoms with van der Waals surface area (Å²) in [7, 11) is 0. The van der Waals surface area contributed by atoms with E-state index in [4.69, 9.17) is 4.74 Å². The van der Waals surface area contributed by atoms with Crippen LogP contribution in [0.1, 0.15) is 40.1 Å². The average Bonchev–Trinajstić information content (AvgIpc) is 2.53. The van der Waals surface area contributed by atoms with Crippen LogP contribution in [0.5, 0.6) is 0 Å². The largest absolute Gasteiger partial charge is 0.457 e. The molecule has 0 aliphatic rings. The topological polar surface area (TPSA) is 43.4 Å². The highest BCUT2D eigenvalue weighted by Crippen LogP contribution is 2.16. The van der Waals surface area contributed by atoms with Crippen LogP contribution >= 0.6 is 0 Å². The van der Waals surface area contributed by atoms with Gasteiger partial charge in [-0.15, -0.1) is 0 Å². The molecule has 0 saturated heterocycles. The third kappa shape index (κ3) is 3.78. The zero-order chi connectivity index (χ0) is 15.2. The van der Waals surface area contributed by atoms with Crippen molar-refractivity contribution in [2.45, 2.75) is 20.5 Å². The summed E-state index contributed by atoms with van der Waals surface area (Å²) >= 11 is 0. The van der Waals surface area contributed by atoms with Crippen LogP contribution in [-0.2, 0) is 11.3 Å². The van der Waals surface area contributed by atoms with Gasteiger partial charge in [-0.2, -0.15) is 0 Å². The van der Waals surface area contributed by atoms with Crippen LogP contribution in [0.25, 0.3) is 0 Å². The SMILES string of the molecule is CC(C)C(=O)c1ccccc1COC(=O)c1ccccc1. The van der Waals surface area contributed by atoms with Crippen molar-refractivity contribution < 1.29 is 14.3 Å². The first-order valence-electron chi connectivity index (χ1n) is 6.94. The first kappa shape index (κ1) is 15.0. The van der Waals surface area contributed by atoms with Crippen molar-refractivity contribution in [2.75, 3.05) is 0 Å². The standard InChI is InChI=1S/C18H18O3/c1-13(2)17(19)16-11-7-6-10-15(16)12-21-18(20)14-8-4-3-5-9-14/h3-11,13H,12H2,1-2H3. The minimum Gasteiger partial charge on any atom is -0.457 e. The molecule has 0 aromatic heterocycles. The number of hydrogen-bond acceptors (Lipinski definition) is 3. The van der Waals surface area contributed by atoms with Gasteiger partial charge < -0.3 is 4.74 Å². The van der Waals surface area contributed by atoms with Gasteiger partial charge in [0.25, 0.3) is 0 Å². The predicted molar refractivity (Wildman–Crippen MR) is 81.2 cm³/mol. The van der Waals surface area contributed by atoms with Crippen LogP contribution in [-0.4, -0.2) is 11.8 Å². The maximum atomic E-state index is 12.1. The lowest BCUT2D eigenvalue weighted by Crippen LogP contribution is -2.12. The summed E-state index contributed by atoms with van der Waals surface area (Å²) in [4.78, 5) is 24.1. The molecule has 0 radical (unpaired) electrons. The number of Topliss-reactive ketones (excluding diaryl/α,β-unsaturated/α-hetero) is 1. The Labute approximate surface area is 124 Å². The number of rotatable bonds is 5. The van der Waals surface area contributed by atoms with Crippen molar-refractivity contribution in [3.8, 4) is 0 Å². The van der Waals surface area contributed by atoms with E-state index in [-0.39, 0.29) is 24.3 Å². The summed E-state index contributed by atoms with van der Waals surface area (Å²) in [5.74, 6) is -0.417. The smallest absolute Gasteiger partial charge is 0.338 e. The van der Waals surface area contributed by atoms with E-state index in [1.165, 1.54) is 0 Å². The molecule has 2 aromatic carbocycles. The second kappa shape index (κ2) is 6.84. The molecule has 0 fully saturated rings. The highest BCUT2D eigenvalue weighted by molar-refractivity contribution is 5.98. The minimum absolute atomic E-state index is 0.0568. The summed E-state index contributed by atoms with van der Waals surface area (Å²) in [5, 5.41) is 0. The molecule has 0 bridgehead atoms. The second-order valence-electron chi connectivity index (χ2n) is 5.12. The molecule has 3 nitrogen and oxygen atoms in total. The van der Waals surface area contributed by atoms with E-state index in [9.17, 15) is 9.59 Å². The molecule has 0 amide bonds. The summed E-state index contributed by atoms with van der Waals surface area (Å²) in [6.45, 7) is 3.81.